The molecule has 0 spiro atoms. The minimum absolute atomic E-state index is 0.259. The summed E-state index contributed by atoms with van der Waals surface area (Å²) >= 11 is 0. The van der Waals surface area contributed by atoms with E-state index in [0.29, 0.717) is 11.3 Å². The predicted molar refractivity (Wildman–Crippen MR) is 62.1 cm³/mol. The summed E-state index contributed by atoms with van der Waals surface area (Å²) in [5, 5.41) is 17.4. The van der Waals surface area contributed by atoms with Crippen molar-refractivity contribution in [3.05, 3.63) is 41.6 Å². The molecule has 0 saturated heterocycles. The molecular formula is C11H9N5O. The van der Waals surface area contributed by atoms with E-state index in [-0.39, 0.29) is 17.4 Å². The van der Waals surface area contributed by atoms with Gasteiger partial charge < -0.3 is 11.1 Å². The first-order chi connectivity index (χ1) is 8.19. The van der Waals surface area contributed by atoms with Crippen molar-refractivity contribution in [2.45, 2.75) is 0 Å². The molecule has 0 aliphatic carbocycles. The maximum atomic E-state index is 11.7. The fourth-order valence-corrected chi connectivity index (χ4v) is 1.28. The molecule has 4 N–H and O–H groups in total. The van der Waals surface area contributed by atoms with Crippen LogP contribution in [0.5, 0.6) is 0 Å². The molecule has 84 valence electrons. The van der Waals surface area contributed by atoms with E-state index in [4.69, 9.17) is 11.0 Å². The first-order valence-electron chi connectivity index (χ1n) is 4.81. The number of hydrogen-bond acceptors (Lipinski definition) is 4. The first-order valence-corrected chi connectivity index (χ1v) is 4.81. The molecular weight excluding hydrogens is 218 g/mol. The van der Waals surface area contributed by atoms with E-state index in [9.17, 15) is 4.79 Å². The lowest BCUT2D eigenvalue weighted by molar-refractivity contribution is 0.102. The molecule has 2 aromatic rings. The number of nitrogens with zero attached hydrogens (tertiary/aromatic N) is 2. The van der Waals surface area contributed by atoms with Crippen LogP contribution in [-0.2, 0) is 0 Å². The standard InChI is InChI=1S/C11H9N5O/c12-6-7-1-3-8(4-2-7)14-11(17)9-5-10(13)16-15-9/h1-5H,(H,14,17)(H3,13,15,16). The van der Waals surface area contributed by atoms with Crippen LogP contribution in [0.4, 0.5) is 11.5 Å². The second-order valence-electron chi connectivity index (χ2n) is 3.35. The van der Waals surface area contributed by atoms with Crippen molar-refractivity contribution in [1.29, 1.82) is 5.26 Å². The van der Waals surface area contributed by atoms with Gasteiger partial charge in [-0.1, -0.05) is 0 Å². The molecule has 0 fully saturated rings. The summed E-state index contributed by atoms with van der Waals surface area (Å²) in [6.07, 6.45) is 0. The molecule has 1 aromatic heterocycles. The molecule has 1 amide bonds. The highest BCUT2D eigenvalue weighted by Gasteiger charge is 2.08. The van der Waals surface area contributed by atoms with Crippen molar-refractivity contribution in [3.63, 3.8) is 0 Å². The lowest BCUT2D eigenvalue weighted by atomic mass is 10.2. The number of aromatic nitrogens is 2. The molecule has 1 aromatic carbocycles. The largest absolute Gasteiger partial charge is 0.382 e. The van der Waals surface area contributed by atoms with E-state index in [2.05, 4.69) is 15.5 Å². The van der Waals surface area contributed by atoms with Crippen LogP contribution in [0.15, 0.2) is 30.3 Å². The van der Waals surface area contributed by atoms with Crippen LogP contribution >= 0.6 is 0 Å². The lowest BCUT2D eigenvalue weighted by Crippen LogP contribution is -2.12. The van der Waals surface area contributed by atoms with Crippen molar-refractivity contribution in [3.8, 4) is 6.07 Å². The highest BCUT2D eigenvalue weighted by atomic mass is 16.1. The maximum absolute atomic E-state index is 11.7. The Bertz CT molecular complexity index is 579. The molecule has 0 atom stereocenters. The van der Waals surface area contributed by atoms with Gasteiger partial charge in [0.15, 0.2) is 0 Å². The van der Waals surface area contributed by atoms with Crippen LogP contribution in [0, 0.1) is 11.3 Å². The Labute approximate surface area is 97.1 Å². The fraction of sp³-hybridized carbons (Fsp3) is 0. The Morgan fingerprint density at radius 3 is 2.65 bits per heavy atom. The monoisotopic (exact) mass is 227 g/mol. The van der Waals surface area contributed by atoms with Gasteiger partial charge in [-0.15, -0.1) is 0 Å². The zero-order valence-electron chi connectivity index (χ0n) is 8.77. The van der Waals surface area contributed by atoms with Crippen molar-refractivity contribution >= 4 is 17.4 Å². The zero-order valence-corrected chi connectivity index (χ0v) is 8.77. The van der Waals surface area contributed by atoms with Gasteiger partial charge in [0.05, 0.1) is 11.6 Å². The number of carbonyl (C=O) groups excluding carboxylic acids is 1. The number of aromatic amines is 1. The summed E-state index contributed by atoms with van der Waals surface area (Å²) in [5.74, 6) is -0.0751. The van der Waals surface area contributed by atoms with Gasteiger partial charge in [-0.25, -0.2) is 0 Å². The Hall–Kier alpha value is -2.81. The van der Waals surface area contributed by atoms with Crippen LogP contribution in [0.2, 0.25) is 0 Å². The van der Waals surface area contributed by atoms with Crippen LogP contribution in [0.1, 0.15) is 16.1 Å². The number of nitrogen functional groups attached to an aromatic ring is 1. The Morgan fingerprint density at radius 1 is 1.41 bits per heavy atom. The topological polar surface area (TPSA) is 108 Å². The number of amides is 1. The van der Waals surface area contributed by atoms with Crippen LogP contribution < -0.4 is 11.1 Å². The normalized spacial score (nSPS) is 9.59. The Kier molecular flexibility index (Phi) is 2.75. The summed E-state index contributed by atoms with van der Waals surface area (Å²) in [5.41, 5.74) is 6.81. The fourth-order valence-electron chi connectivity index (χ4n) is 1.28. The smallest absolute Gasteiger partial charge is 0.273 e. The van der Waals surface area contributed by atoms with E-state index < -0.39 is 0 Å². The summed E-state index contributed by atoms with van der Waals surface area (Å²) in [6.45, 7) is 0. The van der Waals surface area contributed by atoms with Crippen molar-refractivity contribution < 1.29 is 4.79 Å². The number of hydrogen-bond donors (Lipinski definition) is 3. The molecule has 0 aliphatic heterocycles. The average molecular weight is 227 g/mol. The number of rotatable bonds is 2. The van der Waals surface area contributed by atoms with E-state index >= 15 is 0 Å². The number of nitriles is 1. The lowest BCUT2D eigenvalue weighted by Gasteiger charge is -2.02. The number of H-pyrrole nitrogens is 1. The van der Waals surface area contributed by atoms with Gasteiger partial charge >= 0.3 is 0 Å². The first kappa shape index (κ1) is 10.7. The summed E-state index contributed by atoms with van der Waals surface area (Å²) in [4.78, 5) is 11.7. The van der Waals surface area contributed by atoms with E-state index in [1.165, 1.54) is 6.07 Å². The Morgan fingerprint density at radius 2 is 2.12 bits per heavy atom. The second-order valence-corrected chi connectivity index (χ2v) is 3.35. The van der Waals surface area contributed by atoms with Gasteiger partial charge in [0.2, 0.25) is 0 Å². The second kappa shape index (κ2) is 4.37. The molecule has 6 heteroatoms. The van der Waals surface area contributed by atoms with Crippen molar-refractivity contribution in [1.82, 2.24) is 10.2 Å². The molecule has 6 nitrogen and oxygen atoms in total. The van der Waals surface area contributed by atoms with E-state index in [1.807, 2.05) is 6.07 Å². The SMILES string of the molecule is N#Cc1ccc(NC(=O)c2cc(N)n[nH]2)cc1. The molecule has 0 aliphatic rings. The quantitative estimate of drug-likeness (QED) is 0.714. The van der Waals surface area contributed by atoms with E-state index in [1.54, 1.807) is 24.3 Å². The minimum Gasteiger partial charge on any atom is -0.382 e. The van der Waals surface area contributed by atoms with Crippen LogP contribution in [0.25, 0.3) is 0 Å². The minimum atomic E-state index is -0.334. The van der Waals surface area contributed by atoms with E-state index in [0.717, 1.165) is 0 Å². The molecule has 0 saturated carbocycles. The summed E-state index contributed by atoms with van der Waals surface area (Å²) < 4.78 is 0. The number of anilines is 2. The maximum Gasteiger partial charge on any atom is 0.273 e. The third kappa shape index (κ3) is 2.41. The predicted octanol–water partition coefficient (Wildman–Crippen LogP) is 1.12. The number of carbonyl (C=O) groups is 1. The van der Waals surface area contributed by atoms with Gasteiger partial charge in [0.25, 0.3) is 5.91 Å². The third-order valence-corrected chi connectivity index (χ3v) is 2.11. The number of benzene rings is 1. The summed E-state index contributed by atoms with van der Waals surface area (Å²) in [7, 11) is 0. The zero-order chi connectivity index (χ0) is 12.3. The number of nitrogens with one attached hydrogen (secondary N) is 2. The van der Waals surface area contributed by atoms with Crippen LogP contribution in [-0.4, -0.2) is 16.1 Å². The third-order valence-electron chi connectivity index (χ3n) is 2.11. The van der Waals surface area contributed by atoms with Gasteiger partial charge in [-0.2, -0.15) is 10.4 Å². The van der Waals surface area contributed by atoms with Crippen molar-refractivity contribution in [2.24, 2.45) is 0 Å². The Balaban J connectivity index is 2.11. The molecule has 0 bridgehead atoms. The van der Waals surface area contributed by atoms with Gasteiger partial charge in [-0.3, -0.25) is 9.89 Å². The van der Waals surface area contributed by atoms with Gasteiger partial charge in [0, 0.05) is 11.8 Å². The molecule has 0 radical (unpaired) electrons. The molecule has 17 heavy (non-hydrogen) atoms. The molecule has 2 rings (SSSR count). The van der Waals surface area contributed by atoms with Gasteiger partial charge in [0.1, 0.15) is 11.5 Å². The van der Waals surface area contributed by atoms with Crippen LogP contribution in [0.3, 0.4) is 0 Å². The summed E-state index contributed by atoms with van der Waals surface area (Å²) in [6, 6.07) is 9.98. The highest BCUT2D eigenvalue weighted by molar-refractivity contribution is 6.03. The molecule has 1 heterocycles. The highest BCUT2D eigenvalue weighted by Crippen LogP contribution is 2.10. The molecule has 0 unspecified atom stereocenters. The average Bonchev–Trinajstić information content (AvgIpc) is 2.77. The number of nitrogens with two attached hydrogens (primary N) is 1. The van der Waals surface area contributed by atoms with Crippen molar-refractivity contribution in [2.75, 3.05) is 11.1 Å². The van der Waals surface area contributed by atoms with Gasteiger partial charge in [-0.05, 0) is 24.3 Å².